The highest BCUT2D eigenvalue weighted by atomic mass is 16.5. The van der Waals surface area contributed by atoms with Crippen molar-refractivity contribution in [2.75, 3.05) is 7.11 Å². The summed E-state index contributed by atoms with van der Waals surface area (Å²) in [4.78, 5) is 12.0. The van der Waals surface area contributed by atoms with Crippen LogP contribution in [0.25, 0.3) is 0 Å². The van der Waals surface area contributed by atoms with Crippen molar-refractivity contribution >= 4 is 5.78 Å². The lowest BCUT2D eigenvalue weighted by atomic mass is 10.0. The molecular weight excluding hydrogens is 252 g/mol. The number of Topliss-reactive ketones (excluding diaryl/α,β-unsaturated/α-hetero) is 1. The number of ketones is 1. The number of aromatic nitrogens is 2. The Hall–Kier alpha value is -2.10. The summed E-state index contributed by atoms with van der Waals surface area (Å²) < 4.78 is 6.89. The monoisotopic (exact) mass is 272 g/mol. The molecule has 1 aromatic carbocycles. The summed E-state index contributed by atoms with van der Waals surface area (Å²) in [5.41, 5.74) is 3.08. The van der Waals surface area contributed by atoms with Crippen molar-refractivity contribution in [3.05, 3.63) is 47.3 Å². The van der Waals surface area contributed by atoms with Gasteiger partial charge in [-0.1, -0.05) is 12.1 Å². The van der Waals surface area contributed by atoms with Gasteiger partial charge in [-0.3, -0.25) is 9.48 Å². The Morgan fingerprint density at radius 2 is 2.00 bits per heavy atom. The minimum atomic E-state index is 0.240. The second-order valence-corrected chi connectivity index (χ2v) is 4.96. The molecule has 20 heavy (non-hydrogen) atoms. The van der Waals surface area contributed by atoms with Gasteiger partial charge in [-0.05, 0) is 37.1 Å². The standard InChI is InChI=1S/C16H20N2O2/c1-12-10-14(18(2)17-12)11-15(19)7-4-13-5-8-16(20-3)9-6-13/h5-6,8-10H,4,7,11H2,1-3H3. The number of nitrogens with zero attached hydrogens (tertiary/aromatic N) is 2. The molecule has 0 aliphatic rings. The maximum atomic E-state index is 12.0. The third-order valence-electron chi connectivity index (χ3n) is 3.33. The van der Waals surface area contributed by atoms with Crippen LogP contribution in [0.3, 0.4) is 0 Å². The summed E-state index contributed by atoms with van der Waals surface area (Å²) in [5.74, 6) is 1.08. The molecule has 0 amide bonds. The molecule has 0 spiro atoms. The van der Waals surface area contributed by atoms with E-state index in [2.05, 4.69) is 5.10 Å². The fourth-order valence-electron chi connectivity index (χ4n) is 2.20. The summed E-state index contributed by atoms with van der Waals surface area (Å²) in [7, 11) is 3.52. The highest BCUT2D eigenvalue weighted by Crippen LogP contribution is 2.13. The molecule has 2 rings (SSSR count). The number of methoxy groups -OCH3 is 1. The zero-order chi connectivity index (χ0) is 14.5. The number of carbonyl (C=O) groups excluding carboxylic acids is 1. The third-order valence-corrected chi connectivity index (χ3v) is 3.33. The summed E-state index contributed by atoms with van der Waals surface area (Å²) in [5, 5.41) is 4.25. The molecule has 0 bridgehead atoms. The number of rotatable bonds is 6. The Morgan fingerprint density at radius 3 is 2.55 bits per heavy atom. The zero-order valence-corrected chi connectivity index (χ0v) is 12.2. The highest BCUT2D eigenvalue weighted by Gasteiger charge is 2.08. The van der Waals surface area contributed by atoms with E-state index in [-0.39, 0.29) is 5.78 Å². The van der Waals surface area contributed by atoms with Gasteiger partial charge in [0.15, 0.2) is 0 Å². The molecule has 0 radical (unpaired) electrons. The van der Waals surface area contributed by atoms with E-state index >= 15 is 0 Å². The quantitative estimate of drug-likeness (QED) is 0.811. The van der Waals surface area contributed by atoms with Crippen LogP contribution >= 0.6 is 0 Å². The van der Waals surface area contributed by atoms with Crippen LogP contribution in [0.5, 0.6) is 5.75 Å². The van der Waals surface area contributed by atoms with Crippen molar-refractivity contribution in [3.8, 4) is 5.75 Å². The molecule has 0 N–H and O–H groups in total. The number of aryl methyl sites for hydroxylation is 3. The summed E-state index contributed by atoms with van der Waals surface area (Å²) >= 11 is 0. The van der Waals surface area contributed by atoms with Crippen LogP contribution in [-0.4, -0.2) is 22.7 Å². The number of hydrogen-bond acceptors (Lipinski definition) is 3. The predicted octanol–water partition coefficient (Wildman–Crippen LogP) is 2.48. The van der Waals surface area contributed by atoms with Gasteiger partial charge in [0.1, 0.15) is 11.5 Å². The van der Waals surface area contributed by atoms with Crippen molar-refractivity contribution in [1.29, 1.82) is 0 Å². The Balaban J connectivity index is 1.87. The molecule has 0 fully saturated rings. The number of carbonyl (C=O) groups is 1. The van der Waals surface area contributed by atoms with E-state index in [1.807, 2.05) is 44.3 Å². The van der Waals surface area contributed by atoms with Crippen LogP contribution in [0.1, 0.15) is 23.4 Å². The smallest absolute Gasteiger partial charge is 0.139 e. The number of benzene rings is 1. The van der Waals surface area contributed by atoms with Gasteiger partial charge in [0.2, 0.25) is 0 Å². The fourth-order valence-corrected chi connectivity index (χ4v) is 2.20. The van der Waals surface area contributed by atoms with Crippen LogP contribution in [-0.2, 0) is 24.7 Å². The largest absolute Gasteiger partial charge is 0.497 e. The summed E-state index contributed by atoms with van der Waals surface area (Å²) in [6, 6.07) is 9.81. The van der Waals surface area contributed by atoms with Crippen LogP contribution < -0.4 is 4.74 Å². The first kappa shape index (κ1) is 14.3. The van der Waals surface area contributed by atoms with E-state index < -0.39 is 0 Å². The van der Waals surface area contributed by atoms with Crippen molar-refractivity contribution in [2.24, 2.45) is 7.05 Å². The lowest BCUT2D eigenvalue weighted by Gasteiger charge is -2.04. The van der Waals surface area contributed by atoms with Gasteiger partial charge in [-0.25, -0.2) is 0 Å². The van der Waals surface area contributed by atoms with Crippen molar-refractivity contribution < 1.29 is 9.53 Å². The molecule has 1 aromatic heterocycles. The average molecular weight is 272 g/mol. The van der Waals surface area contributed by atoms with Crippen LogP contribution in [0, 0.1) is 6.92 Å². The molecular formula is C16H20N2O2. The summed E-state index contributed by atoms with van der Waals surface area (Å²) in [6.45, 7) is 1.94. The Morgan fingerprint density at radius 1 is 1.30 bits per heavy atom. The molecule has 4 heteroatoms. The lowest BCUT2D eigenvalue weighted by Crippen LogP contribution is -2.08. The Labute approximate surface area is 119 Å². The van der Waals surface area contributed by atoms with E-state index in [1.54, 1.807) is 11.8 Å². The van der Waals surface area contributed by atoms with Gasteiger partial charge < -0.3 is 4.74 Å². The molecule has 4 nitrogen and oxygen atoms in total. The van der Waals surface area contributed by atoms with E-state index in [0.29, 0.717) is 12.8 Å². The first-order valence-corrected chi connectivity index (χ1v) is 6.72. The van der Waals surface area contributed by atoms with E-state index in [0.717, 1.165) is 29.1 Å². The van der Waals surface area contributed by atoms with Gasteiger partial charge >= 0.3 is 0 Å². The Kier molecular flexibility index (Phi) is 4.56. The van der Waals surface area contributed by atoms with E-state index in [1.165, 1.54) is 0 Å². The van der Waals surface area contributed by atoms with Gasteiger partial charge in [0.25, 0.3) is 0 Å². The maximum absolute atomic E-state index is 12.0. The van der Waals surface area contributed by atoms with Crippen molar-refractivity contribution in [2.45, 2.75) is 26.2 Å². The van der Waals surface area contributed by atoms with Crippen molar-refractivity contribution in [3.63, 3.8) is 0 Å². The lowest BCUT2D eigenvalue weighted by molar-refractivity contribution is -0.118. The molecule has 0 aliphatic carbocycles. The van der Waals surface area contributed by atoms with Gasteiger partial charge in [-0.15, -0.1) is 0 Å². The van der Waals surface area contributed by atoms with E-state index in [4.69, 9.17) is 4.74 Å². The summed E-state index contributed by atoms with van der Waals surface area (Å²) in [6.07, 6.45) is 1.77. The second kappa shape index (κ2) is 6.37. The molecule has 0 saturated carbocycles. The topological polar surface area (TPSA) is 44.1 Å². The second-order valence-electron chi connectivity index (χ2n) is 4.96. The molecule has 2 aromatic rings. The molecule has 0 unspecified atom stereocenters. The highest BCUT2D eigenvalue weighted by molar-refractivity contribution is 5.80. The SMILES string of the molecule is COc1ccc(CCC(=O)Cc2cc(C)nn2C)cc1. The first-order valence-electron chi connectivity index (χ1n) is 6.72. The number of hydrogen-bond donors (Lipinski definition) is 0. The molecule has 0 atom stereocenters. The average Bonchev–Trinajstić information content (AvgIpc) is 2.75. The third kappa shape index (κ3) is 3.70. The van der Waals surface area contributed by atoms with Crippen LogP contribution in [0.4, 0.5) is 0 Å². The van der Waals surface area contributed by atoms with Crippen LogP contribution in [0.2, 0.25) is 0 Å². The molecule has 0 aliphatic heterocycles. The Bertz CT molecular complexity index is 585. The zero-order valence-electron chi connectivity index (χ0n) is 12.2. The van der Waals surface area contributed by atoms with Gasteiger partial charge in [0.05, 0.1) is 12.8 Å². The van der Waals surface area contributed by atoms with Gasteiger partial charge in [-0.2, -0.15) is 5.10 Å². The molecule has 0 saturated heterocycles. The minimum absolute atomic E-state index is 0.240. The van der Waals surface area contributed by atoms with Crippen molar-refractivity contribution in [1.82, 2.24) is 9.78 Å². The van der Waals surface area contributed by atoms with E-state index in [9.17, 15) is 4.79 Å². The molecule has 106 valence electrons. The molecule has 1 heterocycles. The number of ether oxygens (including phenoxy) is 1. The minimum Gasteiger partial charge on any atom is -0.497 e. The maximum Gasteiger partial charge on any atom is 0.139 e. The van der Waals surface area contributed by atoms with Crippen LogP contribution in [0.15, 0.2) is 30.3 Å². The normalized spacial score (nSPS) is 10.6. The predicted molar refractivity (Wildman–Crippen MR) is 78.0 cm³/mol. The fraction of sp³-hybridized carbons (Fsp3) is 0.375. The first-order chi connectivity index (χ1) is 9.58. The van der Waals surface area contributed by atoms with Gasteiger partial charge in [0, 0.05) is 25.6 Å².